The lowest BCUT2D eigenvalue weighted by Gasteiger charge is -2.37. The van der Waals surface area contributed by atoms with Crippen LogP contribution in [0, 0.1) is 0 Å². The molecule has 20 rings (SSSR count). The normalized spacial score (nSPS) is 14.1. The Morgan fingerprint density at radius 3 is 1.43 bits per heavy atom. The summed E-state index contributed by atoms with van der Waals surface area (Å²) < 4.78 is 5.17. The molecule has 89 heavy (non-hydrogen) atoms. The fourth-order valence-corrected chi connectivity index (χ4v) is 18.5. The summed E-state index contributed by atoms with van der Waals surface area (Å²) in [5.41, 5.74) is 24.6. The predicted octanol–water partition coefficient (Wildman–Crippen LogP) is 24.5. The molecule has 4 heteroatoms. The highest BCUT2D eigenvalue weighted by Crippen LogP contribution is 2.70. The van der Waals surface area contributed by atoms with E-state index in [0.717, 1.165) is 22.7 Å². The molecule has 1 unspecified atom stereocenters. The molecule has 1 spiro atoms. The first kappa shape index (κ1) is 49.3. The Labute approximate surface area is 522 Å². The van der Waals surface area contributed by atoms with Crippen molar-refractivity contribution in [3.8, 4) is 55.6 Å². The maximum Gasteiger partial charge on any atom is 0.0743 e. The topological polar surface area (TPSA) is 6.48 Å². The Balaban J connectivity index is 0.768. The van der Waals surface area contributed by atoms with E-state index in [1.54, 1.807) is 0 Å². The smallest absolute Gasteiger partial charge is 0.0743 e. The fourth-order valence-electron chi connectivity index (χ4n) is 16.1. The van der Waals surface area contributed by atoms with E-state index in [2.05, 4.69) is 313 Å². The van der Waals surface area contributed by atoms with Crippen molar-refractivity contribution in [3.63, 3.8) is 0 Å². The van der Waals surface area contributed by atoms with Gasteiger partial charge in [-0.25, -0.2) is 0 Å². The zero-order valence-electron chi connectivity index (χ0n) is 48.1. The number of para-hydroxylation sites is 2. The maximum atomic E-state index is 2.52. The Bertz CT molecular complexity index is 5890. The van der Waals surface area contributed by atoms with Crippen LogP contribution < -0.4 is 9.80 Å². The van der Waals surface area contributed by atoms with Gasteiger partial charge in [-0.3, -0.25) is 0 Å². The van der Waals surface area contributed by atoms with Crippen molar-refractivity contribution in [2.24, 2.45) is 0 Å². The summed E-state index contributed by atoms with van der Waals surface area (Å²) >= 11 is 3.75. The summed E-state index contributed by atoms with van der Waals surface area (Å²) in [6.07, 6.45) is 0. The molecule has 0 N–H and O–H groups in total. The van der Waals surface area contributed by atoms with Crippen LogP contribution in [0.25, 0.3) is 128 Å². The van der Waals surface area contributed by atoms with Gasteiger partial charge in [0.2, 0.25) is 0 Å². The SMILES string of the molecule is c1ccc(N(c2cccc(-c3ccc4c5c(ccc4c3)-c3ccc4cc(-c6cccc(N(c7ccccc7)c7cccc8c7sc7ccccc78)c6)cc6c4c3C53c4ccc5ccccc5c4-c4cccc-6c43)c2)c2cccc3c2sc2ccccc23)cc1. The minimum absolute atomic E-state index is 0.557. The van der Waals surface area contributed by atoms with Gasteiger partial charge >= 0.3 is 0 Å². The van der Waals surface area contributed by atoms with E-state index in [9.17, 15) is 0 Å². The molecule has 2 nitrogen and oxygen atoms in total. The van der Waals surface area contributed by atoms with E-state index in [4.69, 9.17) is 0 Å². The molecule has 412 valence electrons. The molecule has 0 saturated heterocycles. The lowest BCUT2D eigenvalue weighted by atomic mass is 9.63. The first-order valence-corrected chi connectivity index (χ1v) is 32.3. The first-order chi connectivity index (χ1) is 44.1. The summed E-state index contributed by atoms with van der Waals surface area (Å²) in [6.45, 7) is 0. The number of fused-ring (bicyclic) bond motifs is 15. The highest BCUT2D eigenvalue weighted by atomic mass is 32.1. The number of nitrogens with zero attached hydrogens (tertiary/aromatic N) is 2. The third-order valence-electron chi connectivity index (χ3n) is 19.7. The third kappa shape index (κ3) is 6.85. The number of thiophene rings is 2. The minimum atomic E-state index is -0.557. The molecule has 0 amide bonds. The van der Waals surface area contributed by atoms with E-state index >= 15 is 0 Å². The quantitative estimate of drug-likeness (QED) is 0.150. The Morgan fingerprint density at radius 2 is 0.753 bits per heavy atom. The van der Waals surface area contributed by atoms with Crippen molar-refractivity contribution in [3.05, 3.63) is 326 Å². The van der Waals surface area contributed by atoms with Gasteiger partial charge in [0.1, 0.15) is 0 Å². The second kappa shape index (κ2) is 18.6. The lowest BCUT2D eigenvalue weighted by molar-refractivity contribution is 0.807. The summed E-state index contributed by atoms with van der Waals surface area (Å²) in [4.78, 5) is 4.90. The number of anilines is 6. The van der Waals surface area contributed by atoms with Crippen LogP contribution in [0.3, 0.4) is 0 Å². The number of hydrogen-bond donors (Lipinski definition) is 0. The van der Waals surface area contributed by atoms with Gasteiger partial charge in [0, 0.05) is 53.7 Å². The zero-order valence-corrected chi connectivity index (χ0v) is 49.7. The number of rotatable bonds is 8. The second-order valence-electron chi connectivity index (χ2n) is 24.2. The van der Waals surface area contributed by atoms with Crippen LogP contribution in [0.4, 0.5) is 34.1 Å². The molecule has 3 aliphatic rings. The molecule has 0 radical (unpaired) electrons. The van der Waals surface area contributed by atoms with Crippen molar-refractivity contribution in [2.45, 2.75) is 5.41 Å². The zero-order chi connectivity index (χ0) is 58.1. The number of benzene rings is 15. The molecule has 0 saturated carbocycles. The summed E-state index contributed by atoms with van der Waals surface area (Å²) in [5, 5.41) is 12.9. The molecule has 0 aliphatic heterocycles. The minimum Gasteiger partial charge on any atom is -0.309 e. The van der Waals surface area contributed by atoms with E-state index in [-0.39, 0.29) is 0 Å². The summed E-state index contributed by atoms with van der Waals surface area (Å²) in [7, 11) is 0. The standard InChI is InChI=1S/C85H50N2S2/c1-3-21-58(22-4-1)86(74-34-16-31-69-64-28-9-11-36-76(64)88-83(69)74)60-25-13-19-52(48-60)54-38-42-63-55(46-54)39-43-67-68-44-40-56-47-57(50-72-66-30-15-33-71-79-62-27-8-7-18-51(62)41-45-73(79)85(80(63)67,81(66)71)82(68)78(56)72)53-20-14-26-61(49-53)87(59-23-5-2-6-24-59)75-35-17-32-70-65-29-10-12-37-77(65)89-84(70)75/h1-50H. The first-order valence-electron chi connectivity index (χ1n) is 30.7. The molecule has 0 bridgehead atoms. The van der Waals surface area contributed by atoms with Gasteiger partial charge in [0.05, 0.1) is 26.2 Å². The second-order valence-corrected chi connectivity index (χ2v) is 26.3. The highest BCUT2D eigenvalue weighted by Gasteiger charge is 2.56. The van der Waals surface area contributed by atoms with Gasteiger partial charge in [-0.05, 0) is 201 Å². The van der Waals surface area contributed by atoms with Crippen LogP contribution in [-0.4, -0.2) is 0 Å². The van der Waals surface area contributed by atoms with Crippen molar-refractivity contribution in [1.29, 1.82) is 0 Å². The molecular weight excluding hydrogens is 1110 g/mol. The van der Waals surface area contributed by atoms with Crippen LogP contribution in [0.15, 0.2) is 303 Å². The largest absolute Gasteiger partial charge is 0.309 e. The van der Waals surface area contributed by atoms with Crippen molar-refractivity contribution in [1.82, 2.24) is 0 Å². The van der Waals surface area contributed by atoms with Crippen molar-refractivity contribution < 1.29 is 0 Å². The average molecular weight is 1160 g/mol. The van der Waals surface area contributed by atoms with E-state index in [1.807, 2.05) is 22.7 Å². The number of hydrogen-bond acceptors (Lipinski definition) is 4. The van der Waals surface area contributed by atoms with Gasteiger partial charge in [-0.15, -0.1) is 22.7 Å². The Kier molecular flexibility index (Phi) is 10.3. The lowest BCUT2D eigenvalue weighted by Crippen LogP contribution is -2.29. The van der Waals surface area contributed by atoms with E-state index in [0.29, 0.717) is 0 Å². The van der Waals surface area contributed by atoms with Crippen LogP contribution >= 0.6 is 22.7 Å². The van der Waals surface area contributed by atoms with Crippen LogP contribution in [0.1, 0.15) is 22.3 Å². The molecule has 3 aliphatic carbocycles. The average Bonchev–Trinajstić information content (AvgIpc) is 1.48. The van der Waals surface area contributed by atoms with E-state index in [1.165, 1.54) is 162 Å². The van der Waals surface area contributed by atoms with Crippen molar-refractivity contribution in [2.75, 3.05) is 9.80 Å². The van der Waals surface area contributed by atoms with Gasteiger partial charge in [-0.1, -0.05) is 212 Å². The third-order valence-corrected chi connectivity index (χ3v) is 22.1. The van der Waals surface area contributed by atoms with Gasteiger partial charge in [0.15, 0.2) is 0 Å². The summed E-state index contributed by atoms with van der Waals surface area (Å²) in [5.74, 6) is 0. The molecule has 2 aromatic heterocycles. The Morgan fingerprint density at radius 1 is 0.258 bits per heavy atom. The van der Waals surface area contributed by atoms with Crippen LogP contribution in [0.5, 0.6) is 0 Å². The maximum absolute atomic E-state index is 2.52. The molecule has 0 fully saturated rings. The van der Waals surface area contributed by atoms with Crippen molar-refractivity contribution >= 4 is 129 Å². The molecular formula is C85H50N2S2. The molecule has 1 atom stereocenters. The Hall–Kier alpha value is -10.9. The highest BCUT2D eigenvalue weighted by molar-refractivity contribution is 7.26. The fraction of sp³-hybridized carbons (Fsp3) is 0.0118. The van der Waals surface area contributed by atoms with Crippen LogP contribution in [0.2, 0.25) is 0 Å². The predicted molar refractivity (Wildman–Crippen MR) is 380 cm³/mol. The molecule has 2 heterocycles. The monoisotopic (exact) mass is 1160 g/mol. The van der Waals surface area contributed by atoms with Gasteiger partial charge in [-0.2, -0.15) is 0 Å². The van der Waals surface area contributed by atoms with Gasteiger partial charge < -0.3 is 9.80 Å². The summed E-state index contributed by atoms with van der Waals surface area (Å²) in [6, 6.07) is 114. The van der Waals surface area contributed by atoms with Crippen LogP contribution in [-0.2, 0) is 5.41 Å². The van der Waals surface area contributed by atoms with Gasteiger partial charge in [0.25, 0.3) is 0 Å². The van der Waals surface area contributed by atoms with E-state index < -0.39 is 5.41 Å². The molecule has 17 aromatic rings. The molecule has 15 aromatic carbocycles.